The van der Waals surface area contributed by atoms with Crippen molar-refractivity contribution in [3.8, 4) is 17.2 Å². The van der Waals surface area contributed by atoms with Crippen LogP contribution in [0, 0.1) is 12.3 Å². The third-order valence-electron chi connectivity index (χ3n) is 3.14. The van der Waals surface area contributed by atoms with Crippen LogP contribution in [0.25, 0.3) is 0 Å². The molecule has 0 heterocycles. The van der Waals surface area contributed by atoms with Crippen LogP contribution in [-0.2, 0) is 0 Å². The molecule has 0 saturated heterocycles. The maximum atomic E-state index is 8.27. The number of benzene rings is 2. The van der Waals surface area contributed by atoms with Gasteiger partial charge in [-0.25, -0.2) is 0 Å². The van der Waals surface area contributed by atoms with Crippen molar-refractivity contribution in [3.05, 3.63) is 47.5 Å². The van der Waals surface area contributed by atoms with Crippen LogP contribution in [0.5, 0.6) is 17.2 Å². The van der Waals surface area contributed by atoms with Gasteiger partial charge in [-0.2, -0.15) is 0 Å². The number of aryl methyl sites for hydroxylation is 1. The Bertz CT molecular complexity index is 660. The van der Waals surface area contributed by atoms with Crippen LogP contribution in [-0.4, -0.2) is 26.4 Å². The van der Waals surface area contributed by atoms with Crippen molar-refractivity contribution < 1.29 is 14.2 Å². The van der Waals surface area contributed by atoms with Gasteiger partial charge in [0.05, 0.1) is 26.4 Å². The lowest BCUT2D eigenvalue weighted by molar-refractivity contribution is 0.323. The van der Waals surface area contributed by atoms with Gasteiger partial charge in [0.2, 0.25) is 5.75 Å². The van der Waals surface area contributed by atoms with Crippen molar-refractivity contribution in [2.75, 3.05) is 21.3 Å². The third-order valence-corrected chi connectivity index (χ3v) is 4.05. The number of thioether (sulfide) groups is 1. The number of ether oxygens (including phenoxy) is 3. The van der Waals surface area contributed by atoms with Gasteiger partial charge in [-0.1, -0.05) is 35.5 Å². The Morgan fingerprint density at radius 3 is 2.09 bits per heavy atom. The van der Waals surface area contributed by atoms with E-state index in [2.05, 4.69) is 0 Å². The quantitative estimate of drug-likeness (QED) is 0.511. The third kappa shape index (κ3) is 3.54. The Kier molecular flexibility index (Phi) is 5.33. The molecule has 1 N–H and O–H groups in total. The Hall–Kier alpha value is -2.14. The molecule has 2 aromatic rings. The zero-order valence-electron chi connectivity index (χ0n) is 13.1. The second-order valence-electron chi connectivity index (χ2n) is 4.66. The molecular formula is C17H19NO3S. The minimum atomic E-state index is 0.470. The predicted octanol–water partition coefficient (Wildman–Crippen LogP) is 4.14. The van der Waals surface area contributed by atoms with E-state index in [1.54, 1.807) is 21.3 Å². The first-order chi connectivity index (χ1) is 10.6. The van der Waals surface area contributed by atoms with Crippen molar-refractivity contribution >= 4 is 16.8 Å². The molecule has 2 aromatic carbocycles. The molecule has 0 spiro atoms. The second kappa shape index (κ2) is 7.22. The molecule has 0 saturated carbocycles. The molecule has 116 valence electrons. The lowest BCUT2D eigenvalue weighted by Gasteiger charge is -2.14. The summed E-state index contributed by atoms with van der Waals surface area (Å²) >= 11 is 1.35. The van der Waals surface area contributed by atoms with Crippen LogP contribution in [0.1, 0.15) is 11.1 Å². The Labute approximate surface area is 134 Å². The molecule has 0 unspecified atom stereocenters. The topological polar surface area (TPSA) is 51.5 Å². The molecule has 22 heavy (non-hydrogen) atoms. The number of hydrogen-bond acceptors (Lipinski definition) is 5. The average molecular weight is 317 g/mol. The van der Waals surface area contributed by atoms with Crippen molar-refractivity contribution in [3.63, 3.8) is 0 Å². The van der Waals surface area contributed by atoms with Crippen LogP contribution < -0.4 is 14.2 Å². The van der Waals surface area contributed by atoms with Gasteiger partial charge in [0.15, 0.2) is 11.5 Å². The highest BCUT2D eigenvalue weighted by Crippen LogP contribution is 2.41. The van der Waals surface area contributed by atoms with E-state index < -0.39 is 0 Å². The Morgan fingerprint density at radius 2 is 1.59 bits per heavy atom. The first kappa shape index (κ1) is 16.2. The monoisotopic (exact) mass is 317 g/mol. The van der Waals surface area contributed by atoms with E-state index in [0.29, 0.717) is 22.3 Å². The van der Waals surface area contributed by atoms with Gasteiger partial charge >= 0.3 is 0 Å². The summed E-state index contributed by atoms with van der Waals surface area (Å²) in [4.78, 5) is 0.862. The minimum Gasteiger partial charge on any atom is -0.493 e. The smallest absolute Gasteiger partial charge is 0.203 e. The van der Waals surface area contributed by atoms with E-state index in [0.717, 1.165) is 16.0 Å². The molecule has 0 bridgehead atoms. The summed E-state index contributed by atoms with van der Waals surface area (Å²) in [6.45, 7) is 2.01. The number of nitrogens with one attached hydrogen (secondary N) is 1. The summed E-state index contributed by atoms with van der Waals surface area (Å²) in [6.07, 6.45) is 0. The number of hydrogen-bond donors (Lipinski definition) is 1. The second-order valence-corrected chi connectivity index (χ2v) is 5.75. The maximum Gasteiger partial charge on any atom is 0.203 e. The molecular weight excluding hydrogens is 298 g/mol. The van der Waals surface area contributed by atoms with Crippen LogP contribution in [0.15, 0.2) is 41.3 Å². The van der Waals surface area contributed by atoms with E-state index in [1.807, 2.05) is 43.3 Å². The van der Waals surface area contributed by atoms with Gasteiger partial charge in [0.25, 0.3) is 0 Å². The zero-order valence-corrected chi connectivity index (χ0v) is 13.9. The highest BCUT2D eigenvalue weighted by Gasteiger charge is 2.15. The fourth-order valence-electron chi connectivity index (χ4n) is 2.08. The standard InChI is InChI=1S/C17H19NO3S/c1-11-6-5-7-12(8-11)17(18)22-13-9-14(19-2)16(21-4)15(10-13)20-3/h5-10,18H,1-4H3. The molecule has 5 heteroatoms. The largest absolute Gasteiger partial charge is 0.493 e. The van der Waals surface area contributed by atoms with Crippen molar-refractivity contribution in [2.45, 2.75) is 11.8 Å². The predicted molar refractivity (Wildman–Crippen MR) is 90.0 cm³/mol. The van der Waals surface area contributed by atoms with Gasteiger partial charge in [0, 0.05) is 10.5 Å². The summed E-state index contributed by atoms with van der Waals surface area (Å²) < 4.78 is 16.0. The summed E-state index contributed by atoms with van der Waals surface area (Å²) in [7, 11) is 4.73. The normalized spacial score (nSPS) is 10.2. The van der Waals surface area contributed by atoms with Gasteiger partial charge in [-0.3, -0.25) is 5.41 Å². The summed E-state index contributed by atoms with van der Waals surface area (Å²) in [5.41, 5.74) is 2.02. The molecule has 4 nitrogen and oxygen atoms in total. The summed E-state index contributed by atoms with van der Waals surface area (Å²) in [5.74, 6) is 1.72. The van der Waals surface area contributed by atoms with E-state index in [1.165, 1.54) is 11.8 Å². The Morgan fingerprint density at radius 1 is 0.955 bits per heavy atom. The molecule has 0 fully saturated rings. The van der Waals surface area contributed by atoms with Crippen LogP contribution >= 0.6 is 11.8 Å². The molecule has 0 atom stereocenters. The molecule has 0 aliphatic heterocycles. The van der Waals surface area contributed by atoms with Gasteiger partial charge < -0.3 is 14.2 Å². The lowest BCUT2D eigenvalue weighted by Crippen LogP contribution is -1.97. The highest BCUT2D eigenvalue weighted by atomic mass is 32.2. The SMILES string of the molecule is COc1cc(SC(=N)c2cccc(C)c2)cc(OC)c1OC. The van der Waals surface area contributed by atoms with E-state index >= 15 is 0 Å². The average Bonchev–Trinajstić information content (AvgIpc) is 2.53. The molecule has 0 radical (unpaired) electrons. The van der Waals surface area contributed by atoms with Gasteiger partial charge in [-0.15, -0.1) is 0 Å². The van der Waals surface area contributed by atoms with Crippen LogP contribution in [0.2, 0.25) is 0 Å². The summed E-state index contributed by atoms with van der Waals surface area (Å²) in [6, 6.07) is 11.6. The molecule has 0 aromatic heterocycles. The van der Waals surface area contributed by atoms with Crippen LogP contribution in [0.3, 0.4) is 0 Å². The fourth-order valence-corrected chi connectivity index (χ4v) is 2.89. The van der Waals surface area contributed by atoms with Crippen LogP contribution in [0.4, 0.5) is 0 Å². The zero-order chi connectivity index (χ0) is 16.1. The van der Waals surface area contributed by atoms with Gasteiger partial charge in [0.1, 0.15) is 0 Å². The maximum absolute atomic E-state index is 8.27. The summed E-state index contributed by atoms with van der Waals surface area (Å²) in [5, 5.41) is 8.74. The van der Waals surface area contributed by atoms with Crippen molar-refractivity contribution in [2.24, 2.45) is 0 Å². The van der Waals surface area contributed by atoms with E-state index in [9.17, 15) is 0 Å². The first-order valence-electron chi connectivity index (χ1n) is 6.72. The van der Waals surface area contributed by atoms with Gasteiger partial charge in [-0.05, 0) is 25.1 Å². The van der Waals surface area contributed by atoms with E-state index in [-0.39, 0.29) is 0 Å². The molecule has 0 aliphatic carbocycles. The number of rotatable bonds is 5. The molecule has 2 rings (SSSR count). The first-order valence-corrected chi connectivity index (χ1v) is 7.54. The van der Waals surface area contributed by atoms with E-state index in [4.69, 9.17) is 19.6 Å². The number of methoxy groups -OCH3 is 3. The van der Waals surface area contributed by atoms with Crippen molar-refractivity contribution in [1.29, 1.82) is 5.41 Å². The molecule has 0 amide bonds. The fraction of sp³-hybridized carbons (Fsp3) is 0.235. The Balaban J connectivity index is 2.31. The lowest BCUT2D eigenvalue weighted by atomic mass is 10.1. The highest BCUT2D eigenvalue weighted by molar-refractivity contribution is 8.14. The molecule has 0 aliphatic rings. The minimum absolute atomic E-state index is 0.470. The van der Waals surface area contributed by atoms with Crippen molar-refractivity contribution in [1.82, 2.24) is 0 Å².